The number of methoxy groups -OCH3 is 2. The third-order valence-corrected chi connectivity index (χ3v) is 12.2. The smallest absolute Gasteiger partial charge is 0.407 e. The first kappa shape index (κ1) is 47.2. The monoisotopic (exact) mass is 872 g/mol. The van der Waals surface area contributed by atoms with Gasteiger partial charge in [0.1, 0.15) is 18.2 Å². The normalized spacial score (nSPS) is 17.9. The van der Waals surface area contributed by atoms with E-state index in [1.165, 1.54) is 20.6 Å². The summed E-state index contributed by atoms with van der Waals surface area (Å²) in [5, 5.41) is 8.04. The number of hydrogen-bond donors (Lipinski definition) is 4. The standard InChI is InChI=1S/C45H52N8O4.C3H8.C2H4O2/c1-27(2)40(46-4)42(55)52-22-8-6-16-38(52)41-48-34-19-17-28(24-36(34)49-41)30-12-10-15-33-31(13-11-14-32(30)33)29-18-20-35-37(25-29)51-43(50-35)45(3)21-7-9-23-53(45)39(54)26-47-44(56)57-5;1-3-2;1-4-2-3/h10-15,17-20,24-25,27,38,40,46H,6-9,16,21-23,26H2,1-5H3,(H,47,56)(H,48,49)(H,50,51);3H2,1-2H3;2H,1H3/t38?,40-,45+;;/m0../s1. The van der Waals surface area contributed by atoms with Crippen molar-refractivity contribution in [2.75, 3.05) is 40.9 Å². The molecular weight excluding hydrogens is 809 g/mol. The van der Waals surface area contributed by atoms with Gasteiger partial charge in [-0.25, -0.2) is 14.8 Å². The van der Waals surface area contributed by atoms with Crippen LogP contribution in [-0.2, 0) is 29.4 Å². The Bertz CT molecular complexity index is 2570. The fraction of sp³-hybridized carbons (Fsp3) is 0.440. The number of carbonyl (C=O) groups is 4. The molecule has 0 radical (unpaired) electrons. The van der Waals surface area contributed by atoms with E-state index in [1.54, 1.807) is 0 Å². The van der Waals surface area contributed by atoms with Crippen molar-refractivity contribution >= 4 is 57.2 Å². The van der Waals surface area contributed by atoms with Crippen molar-refractivity contribution in [1.29, 1.82) is 0 Å². The maximum Gasteiger partial charge on any atom is 0.407 e. The van der Waals surface area contributed by atoms with Gasteiger partial charge in [0.2, 0.25) is 11.8 Å². The highest BCUT2D eigenvalue weighted by molar-refractivity contribution is 6.05. The Balaban J connectivity index is 0.000000909. The van der Waals surface area contributed by atoms with Crippen LogP contribution >= 0.6 is 0 Å². The molecule has 3 amide bonds. The van der Waals surface area contributed by atoms with Gasteiger partial charge in [-0.1, -0.05) is 82.6 Å². The number of amides is 3. The van der Waals surface area contributed by atoms with E-state index in [9.17, 15) is 14.4 Å². The van der Waals surface area contributed by atoms with E-state index >= 15 is 0 Å². The molecule has 4 N–H and O–H groups in total. The summed E-state index contributed by atoms with van der Waals surface area (Å²) in [6.45, 7) is 12.0. The summed E-state index contributed by atoms with van der Waals surface area (Å²) >= 11 is 0. The van der Waals surface area contributed by atoms with Crippen LogP contribution in [0.4, 0.5) is 4.79 Å². The predicted molar refractivity (Wildman–Crippen MR) is 252 cm³/mol. The third-order valence-electron chi connectivity index (χ3n) is 12.2. The molecule has 0 aliphatic carbocycles. The van der Waals surface area contributed by atoms with Crippen molar-refractivity contribution < 1.29 is 28.7 Å². The molecule has 0 saturated carbocycles. The van der Waals surface area contributed by atoms with Gasteiger partial charge in [0.05, 0.1) is 53.9 Å². The quantitative estimate of drug-likeness (QED) is 0.0980. The lowest BCUT2D eigenvalue weighted by Gasteiger charge is -2.43. The van der Waals surface area contributed by atoms with Crippen LogP contribution in [0.2, 0.25) is 0 Å². The number of benzene rings is 4. The number of ether oxygens (including phenoxy) is 2. The molecule has 2 aliphatic heterocycles. The molecule has 14 nitrogen and oxygen atoms in total. The fourth-order valence-corrected chi connectivity index (χ4v) is 9.08. The molecule has 4 heterocycles. The minimum atomic E-state index is -0.645. The van der Waals surface area contributed by atoms with Crippen molar-refractivity contribution in [2.45, 2.75) is 97.2 Å². The highest BCUT2D eigenvalue weighted by atomic mass is 16.5. The van der Waals surface area contributed by atoms with Crippen molar-refractivity contribution in [3.8, 4) is 22.3 Å². The number of fused-ring (bicyclic) bond motifs is 3. The number of imidazole rings is 2. The molecule has 3 atom stereocenters. The fourth-order valence-electron chi connectivity index (χ4n) is 9.08. The minimum absolute atomic E-state index is 0.0811. The van der Waals surface area contributed by atoms with E-state index in [0.717, 1.165) is 112 Å². The van der Waals surface area contributed by atoms with Crippen molar-refractivity contribution in [2.24, 2.45) is 5.92 Å². The second-order valence-electron chi connectivity index (χ2n) is 17.1. The summed E-state index contributed by atoms with van der Waals surface area (Å²) in [6, 6.07) is 25.3. The molecule has 0 spiro atoms. The number of nitrogens with one attached hydrogen (secondary N) is 4. The molecule has 4 aromatic carbocycles. The number of rotatable bonds is 10. The molecule has 6 aromatic rings. The number of hydrogen-bond acceptors (Lipinski definition) is 9. The van der Waals surface area contributed by atoms with Crippen LogP contribution in [-0.4, -0.2) is 101 Å². The van der Waals surface area contributed by atoms with E-state index in [4.69, 9.17) is 14.8 Å². The van der Waals surface area contributed by atoms with Crippen molar-refractivity contribution in [3.05, 3.63) is 84.4 Å². The summed E-state index contributed by atoms with van der Waals surface area (Å²) in [5.41, 5.74) is 7.30. The van der Waals surface area contributed by atoms with Crippen LogP contribution in [0, 0.1) is 5.92 Å². The Morgan fingerprint density at radius 1 is 0.859 bits per heavy atom. The number of likely N-dealkylation sites (N-methyl/N-ethyl adjacent to an activating group) is 1. The molecule has 2 aromatic heterocycles. The van der Waals surface area contributed by atoms with Crippen molar-refractivity contribution in [3.63, 3.8) is 0 Å². The van der Waals surface area contributed by atoms with Gasteiger partial charge in [-0.15, -0.1) is 0 Å². The summed E-state index contributed by atoms with van der Waals surface area (Å²) in [6.07, 6.45) is 6.19. The molecule has 2 fully saturated rings. The Kier molecular flexibility index (Phi) is 15.8. The van der Waals surface area contributed by atoms with E-state index in [0.29, 0.717) is 13.0 Å². The topological polar surface area (TPSA) is 175 Å². The highest BCUT2D eigenvalue weighted by Crippen LogP contribution is 2.40. The second kappa shape index (κ2) is 21.4. The van der Waals surface area contributed by atoms with Gasteiger partial charge < -0.3 is 39.9 Å². The maximum atomic E-state index is 13.7. The Morgan fingerprint density at radius 2 is 1.45 bits per heavy atom. The van der Waals surface area contributed by atoms with Gasteiger partial charge in [-0.3, -0.25) is 14.4 Å². The molecule has 0 bridgehead atoms. The molecule has 2 aliphatic rings. The number of nitrogens with zero attached hydrogens (tertiary/aromatic N) is 4. The molecular formula is C50H64N8O6. The number of alkyl carbamates (subject to hydrolysis) is 1. The van der Waals surface area contributed by atoms with Gasteiger partial charge in [0.25, 0.3) is 6.47 Å². The minimum Gasteiger partial charge on any atom is -0.471 e. The van der Waals surface area contributed by atoms with Gasteiger partial charge >= 0.3 is 6.09 Å². The van der Waals surface area contributed by atoms with Crippen LogP contribution in [0.3, 0.4) is 0 Å². The number of aromatic amines is 2. The van der Waals surface area contributed by atoms with Crippen molar-refractivity contribution in [1.82, 2.24) is 40.4 Å². The zero-order valence-electron chi connectivity index (χ0n) is 38.5. The van der Waals surface area contributed by atoms with E-state index in [-0.39, 0.29) is 36.4 Å². The first-order chi connectivity index (χ1) is 30.9. The molecule has 14 heteroatoms. The van der Waals surface area contributed by atoms with Crippen LogP contribution in [0.5, 0.6) is 0 Å². The first-order valence-electron chi connectivity index (χ1n) is 22.5. The summed E-state index contributed by atoms with van der Waals surface area (Å²) in [7, 11) is 4.46. The van der Waals surface area contributed by atoms with Crippen LogP contribution in [0.1, 0.15) is 97.3 Å². The predicted octanol–water partition coefficient (Wildman–Crippen LogP) is 9.01. The number of piperidine rings is 2. The molecule has 2 saturated heterocycles. The van der Waals surface area contributed by atoms with Crippen LogP contribution < -0.4 is 10.6 Å². The summed E-state index contributed by atoms with van der Waals surface area (Å²) < 4.78 is 8.53. The third kappa shape index (κ3) is 10.1. The summed E-state index contributed by atoms with van der Waals surface area (Å²) in [5.74, 6) is 1.74. The lowest BCUT2D eigenvalue weighted by molar-refractivity contribution is -0.139. The Labute approximate surface area is 375 Å². The SMILES string of the molecule is CCC.CN[C@H](C(=O)N1CCCCC1c1nc2ccc(-c3cccc4c(-c5ccc6nc([C@@]7(C)CCCCN7C(=O)CNC(=O)OC)[nH]c6c5)cccc34)cc2[nH]1)C(C)C.COC=O. The number of H-pyrrole nitrogens is 2. The average Bonchev–Trinajstić information content (AvgIpc) is 3.95. The number of carbonyl (C=O) groups excluding carboxylic acids is 4. The van der Waals surface area contributed by atoms with E-state index in [2.05, 4.69) is 125 Å². The lowest BCUT2D eigenvalue weighted by Crippen LogP contribution is -2.53. The van der Waals surface area contributed by atoms with Gasteiger partial charge in [-0.05, 0) is 116 Å². The van der Waals surface area contributed by atoms with E-state index in [1.807, 2.05) is 29.8 Å². The molecule has 64 heavy (non-hydrogen) atoms. The summed E-state index contributed by atoms with van der Waals surface area (Å²) in [4.78, 5) is 68.7. The second-order valence-corrected chi connectivity index (χ2v) is 17.1. The Morgan fingerprint density at radius 3 is 2.03 bits per heavy atom. The first-order valence-corrected chi connectivity index (χ1v) is 22.5. The maximum absolute atomic E-state index is 13.7. The van der Waals surface area contributed by atoms with Crippen LogP contribution in [0.15, 0.2) is 72.8 Å². The molecule has 1 unspecified atom stereocenters. The highest BCUT2D eigenvalue weighted by Gasteiger charge is 2.41. The number of likely N-dealkylation sites (tertiary alicyclic amines) is 2. The molecule has 8 rings (SSSR count). The zero-order chi connectivity index (χ0) is 46.0. The van der Waals surface area contributed by atoms with E-state index < -0.39 is 11.6 Å². The van der Waals surface area contributed by atoms with Gasteiger partial charge in [0.15, 0.2) is 0 Å². The molecule has 340 valence electrons. The zero-order valence-corrected chi connectivity index (χ0v) is 38.5. The van der Waals surface area contributed by atoms with Gasteiger partial charge in [0, 0.05) is 13.1 Å². The number of aromatic nitrogens is 4. The average molecular weight is 873 g/mol. The van der Waals surface area contributed by atoms with Crippen LogP contribution in [0.25, 0.3) is 55.1 Å². The van der Waals surface area contributed by atoms with Gasteiger partial charge in [-0.2, -0.15) is 0 Å². The Hall–Kier alpha value is -6.28. The lowest BCUT2D eigenvalue weighted by atomic mass is 9.87. The largest absolute Gasteiger partial charge is 0.471 e.